The van der Waals surface area contributed by atoms with E-state index in [0.29, 0.717) is 49.5 Å². The fourth-order valence-corrected chi connectivity index (χ4v) is 14.1. The van der Waals surface area contributed by atoms with Crippen LogP contribution in [0.25, 0.3) is 22.5 Å². The molecule has 10 rings (SSSR count). The monoisotopic (exact) mass is 1030 g/mol. The molecule has 20 heteroatoms. The number of nitrogens with zero attached hydrogens (tertiary/aromatic N) is 8. The lowest BCUT2D eigenvalue weighted by Crippen LogP contribution is -2.36. The zero-order valence-electron chi connectivity index (χ0n) is 35.2. The van der Waals surface area contributed by atoms with E-state index in [4.69, 9.17) is 5.73 Å². The van der Waals surface area contributed by atoms with Crippen molar-refractivity contribution in [1.29, 1.82) is 0 Å². The Morgan fingerprint density at radius 3 is 1.48 bits per heavy atom. The second kappa shape index (κ2) is 19.4. The summed E-state index contributed by atoms with van der Waals surface area (Å²) in [6.45, 7) is 2.76. The number of sulfonamides is 2. The molecule has 0 unspecified atom stereocenters. The lowest BCUT2D eigenvalue weighted by molar-refractivity contribution is 0.392. The van der Waals surface area contributed by atoms with Crippen LogP contribution in [0.15, 0.2) is 135 Å². The first-order valence-corrected chi connectivity index (χ1v) is 26.2. The van der Waals surface area contributed by atoms with Crippen LogP contribution in [0.4, 0.5) is 13.9 Å². The van der Waals surface area contributed by atoms with Gasteiger partial charge in [0, 0.05) is 50.4 Å². The second-order valence-corrected chi connectivity index (χ2v) is 23.4. The summed E-state index contributed by atoms with van der Waals surface area (Å²) >= 11 is 5.35. The van der Waals surface area contributed by atoms with Crippen LogP contribution >= 0.6 is 38.6 Å². The van der Waals surface area contributed by atoms with Crippen LogP contribution in [0.5, 0.6) is 0 Å². The zero-order chi connectivity index (χ0) is 46.0. The number of thiazole rings is 2. The van der Waals surface area contributed by atoms with Gasteiger partial charge in [-0.2, -0.15) is 8.61 Å². The molecule has 13 nitrogen and oxygen atoms in total. The lowest BCUT2D eigenvalue weighted by atomic mass is 9.94. The van der Waals surface area contributed by atoms with E-state index in [9.17, 15) is 25.6 Å². The van der Waals surface area contributed by atoms with Crippen molar-refractivity contribution in [3.63, 3.8) is 0 Å². The molecule has 0 amide bonds. The van der Waals surface area contributed by atoms with E-state index in [2.05, 4.69) is 51.1 Å². The minimum atomic E-state index is -3.67. The maximum atomic E-state index is 13.2. The molecule has 2 aliphatic rings. The molecule has 66 heavy (non-hydrogen) atoms. The van der Waals surface area contributed by atoms with E-state index in [1.165, 1.54) is 45.3 Å². The van der Waals surface area contributed by atoms with Crippen LogP contribution in [-0.4, -0.2) is 67.6 Å². The van der Waals surface area contributed by atoms with E-state index in [1.807, 2.05) is 36.5 Å². The Kier molecular flexibility index (Phi) is 13.4. The Hall–Kier alpha value is -5.48. The Morgan fingerprint density at radius 1 is 0.606 bits per heavy atom. The highest BCUT2D eigenvalue weighted by Gasteiger charge is 2.33. The van der Waals surface area contributed by atoms with Crippen molar-refractivity contribution in [1.82, 2.24) is 37.7 Å². The van der Waals surface area contributed by atoms with E-state index < -0.39 is 20.0 Å². The summed E-state index contributed by atoms with van der Waals surface area (Å²) in [5, 5.41) is 0.233. The first-order chi connectivity index (χ1) is 31.8. The first-order valence-electron chi connectivity index (χ1n) is 20.9. The van der Waals surface area contributed by atoms with Crippen LogP contribution in [0.3, 0.4) is 0 Å². The third-order valence-corrected chi connectivity index (χ3v) is 18.6. The predicted octanol–water partition coefficient (Wildman–Crippen LogP) is 8.62. The van der Waals surface area contributed by atoms with Gasteiger partial charge in [-0.1, -0.05) is 83.3 Å². The summed E-state index contributed by atoms with van der Waals surface area (Å²) in [5.74, 6) is -0.498. The molecule has 6 heterocycles. The standard InChI is InChI=1S/C23H20BrFN4O2S2.C23H22FN5O2S2/c24-23-27-13-22(32-23)33(30,31)29-11-9-17-2-1-3-19(20(17)14-29)21-12-26-15-28(21)10-8-16-4-6-18(25)7-5-16;24-18-6-4-16(5-7-18)8-10-28-15-26-12-21(28)19-3-1-2-17-9-11-29(14-20(17)19)33(30,31)22-13-27-23(25)32-22/h1-7,12-13,15H,8-11,14H2;1-7,12-13,15H,8-11,14H2,(H2,25,27). The van der Waals surface area contributed by atoms with Crippen molar-refractivity contribution in [2.45, 2.75) is 60.3 Å². The number of rotatable bonds is 12. The third kappa shape index (κ3) is 9.81. The maximum Gasteiger partial charge on any atom is 0.254 e. The quantitative estimate of drug-likeness (QED) is 0.126. The fourth-order valence-electron chi connectivity index (χ4n) is 8.25. The highest BCUT2D eigenvalue weighted by molar-refractivity contribution is 9.11. The van der Waals surface area contributed by atoms with Crippen LogP contribution in [-0.2, 0) is 71.9 Å². The molecule has 2 aliphatic heterocycles. The van der Waals surface area contributed by atoms with Crippen LogP contribution in [0.1, 0.15) is 33.4 Å². The minimum Gasteiger partial charge on any atom is -0.375 e. The predicted molar refractivity (Wildman–Crippen MR) is 254 cm³/mol. The molecular formula is C46H42BrF2N9O4S4. The molecule has 0 fully saturated rings. The van der Waals surface area contributed by atoms with E-state index in [1.54, 1.807) is 43.1 Å². The number of aryl methyl sites for hydroxylation is 4. The topological polar surface area (TPSA) is 162 Å². The molecule has 8 aromatic rings. The number of nitrogen functional groups attached to an aromatic ring is 1. The van der Waals surface area contributed by atoms with Gasteiger partial charge in [-0.05, 0) is 99.3 Å². The largest absolute Gasteiger partial charge is 0.375 e. The van der Waals surface area contributed by atoms with Gasteiger partial charge in [0.15, 0.2) is 17.5 Å². The van der Waals surface area contributed by atoms with Gasteiger partial charge in [-0.15, -0.1) is 0 Å². The Bertz CT molecular complexity index is 3010. The smallest absolute Gasteiger partial charge is 0.254 e. The van der Waals surface area contributed by atoms with Gasteiger partial charge in [0.1, 0.15) is 11.6 Å². The van der Waals surface area contributed by atoms with Gasteiger partial charge < -0.3 is 14.9 Å². The van der Waals surface area contributed by atoms with Gasteiger partial charge in [-0.3, -0.25) is 0 Å². The molecule has 0 aliphatic carbocycles. The average Bonchev–Trinajstić information content (AvgIpc) is 4.17. The summed E-state index contributed by atoms with van der Waals surface area (Å²) in [5.41, 5.74) is 15.8. The molecule has 0 saturated heterocycles. The van der Waals surface area contributed by atoms with Crippen LogP contribution in [0.2, 0.25) is 0 Å². The molecular weight excluding hydrogens is 989 g/mol. The van der Waals surface area contributed by atoms with Crippen LogP contribution < -0.4 is 5.73 Å². The average molecular weight is 1030 g/mol. The summed E-state index contributed by atoms with van der Waals surface area (Å²) in [7, 11) is -7.30. The Labute approximate surface area is 397 Å². The molecule has 2 N–H and O–H groups in total. The number of aromatic nitrogens is 6. The summed E-state index contributed by atoms with van der Waals surface area (Å²) in [6.07, 6.45) is 12.6. The number of nitrogens with two attached hydrogens (primary N) is 1. The molecule has 0 atom stereocenters. The number of halogens is 3. The highest BCUT2D eigenvalue weighted by atomic mass is 79.9. The van der Waals surface area contributed by atoms with Crippen molar-refractivity contribution in [3.8, 4) is 22.5 Å². The SMILES string of the molecule is Nc1ncc(S(=O)(=O)N2CCc3cccc(-c4cncn4CCc4ccc(F)cc4)c3C2)s1.O=S(=O)(c1cnc(Br)s1)N1CCc2cccc(-c3cncn3CCc3ccc(F)cc3)c2C1. The van der Waals surface area contributed by atoms with Gasteiger partial charge in [0.2, 0.25) is 0 Å². The number of benzene rings is 4. The van der Waals surface area contributed by atoms with Crippen LogP contribution in [0, 0.1) is 11.6 Å². The number of anilines is 1. The van der Waals surface area contributed by atoms with Gasteiger partial charge >= 0.3 is 0 Å². The lowest BCUT2D eigenvalue weighted by Gasteiger charge is -2.29. The van der Waals surface area contributed by atoms with E-state index >= 15 is 0 Å². The molecule has 0 saturated carbocycles. The maximum absolute atomic E-state index is 13.2. The molecule has 4 aromatic heterocycles. The normalized spacial score (nSPS) is 14.3. The number of hydrogen-bond donors (Lipinski definition) is 1. The molecule has 0 radical (unpaired) electrons. The molecule has 0 bridgehead atoms. The molecule has 4 aromatic carbocycles. The van der Waals surface area contributed by atoms with E-state index in [-0.39, 0.29) is 31.7 Å². The van der Waals surface area contributed by atoms with Crippen molar-refractivity contribution < 1.29 is 25.6 Å². The Morgan fingerprint density at radius 2 is 1.06 bits per heavy atom. The van der Waals surface area contributed by atoms with Crippen molar-refractivity contribution in [2.75, 3.05) is 18.8 Å². The third-order valence-electron chi connectivity index (χ3n) is 11.7. The number of fused-ring (bicyclic) bond motifs is 2. The summed E-state index contributed by atoms with van der Waals surface area (Å²) in [6, 6.07) is 25.1. The minimum absolute atomic E-state index is 0.158. The highest BCUT2D eigenvalue weighted by Crippen LogP contribution is 2.36. The number of hydrogen-bond acceptors (Lipinski definition) is 11. The van der Waals surface area contributed by atoms with Gasteiger partial charge in [0.25, 0.3) is 20.0 Å². The Balaban J connectivity index is 0.000000166. The summed E-state index contributed by atoms with van der Waals surface area (Å²) < 4.78 is 87.2. The first kappa shape index (κ1) is 45.7. The second-order valence-electron chi connectivity index (χ2n) is 15.7. The molecule has 340 valence electrons. The van der Waals surface area contributed by atoms with Gasteiger partial charge in [0.05, 0.1) is 48.8 Å². The van der Waals surface area contributed by atoms with E-state index in [0.717, 1.165) is 91.4 Å². The zero-order valence-corrected chi connectivity index (χ0v) is 40.0. The van der Waals surface area contributed by atoms with Crippen molar-refractivity contribution in [3.05, 3.63) is 171 Å². The molecule has 0 spiro atoms. The summed E-state index contributed by atoms with van der Waals surface area (Å²) in [4.78, 5) is 16.6. The number of imidazole rings is 2. The van der Waals surface area contributed by atoms with Crippen molar-refractivity contribution in [2.24, 2.45) is 0 Å². The fraction of sp³-hybridized carbons (Fsp3) is 0.217. The van der Waals surface area contributed by atoms with Gasteiger partial charge in [-0.25, -0.2) is 45.6 Å². The van der Waals surface area contributed by atoms with Crippen molar-refractivity contribution >= 4 is 63.8 Å².